The van der Waals surface area contributed by atoms with Crippen molar-refractivity contribution in [3.05, 3.63) is 41.7 Å². The average molecular weight is 231 g/mol. The lowest BCUT2D eigenvalue weighted by Gasteiger charge is -2.06. The molecule has 0 saturated heterocycles. The van der Waals surface area contributed by atoms with E-state index in [1.165, 1.54) is 6.20 Å². The van der Waals surface area contributed by atoms with Gasteiger partial charge < -0.3 is 16.0 Å². The van der Waals surface area contributed by atoms with E-state index >= 15 is 0 Å². The van der Waals surface area contributed by atoms with Crippen LogP contribution in [-0.2, 0) is 6.54 Å². The summed E-state index contributed by atoms with van der Waals surface area (Å²) in [5.41, 5.74) is 7.33. The predicted octanol–water partition coefficient (Wildman–Crippen LogP) is 0.625. The molecule has 6 heteroatoms. The third kappa shape index (κ3) is 2.60. The van der Waals surface area contributed by atoms with Crippen LogP contribution in [-0.4, -0.2) is 20.9 Å². The third-order valence-corrected chi connectivity index (χ3v) is 2.29. The maximum absolute atomic E-state index is 11.8. The molecule has 6 nitrogen and oxygen atoms in total. The Labute approximate surface area is 98.3 Å². The molecular weight excluding hydrogens is 218 g/mol. The lowest BCUT2D eigenvalue weighted by molar-refractivity contribution is 0.0950. The van der Waals surface area contributed by atoms with E-state index in [-0.39, 0.29) is 5.91 Å². The first kappa shape index (κ1) is 11.1. The topological polar surface area (TPSA) is 96.7 Å². The van der Waals surface area contributed by atoms with Gasteiger partial charge in [0.15, 0.2) is 0 Å². The number of nitrogens with one attached hydrogen (secondary N) is 2. The Morgan fingerprint density at radius 3 is 3.00 bits per heavy atom. The SMILES string of the molecule is Cc1cc(N)c(C(=O)NCc2ncc[nH]2)cn1. The Morgan fingerprint density at radius 2 is 2.35 bits per heavy atom. The first-order chi connectivity index (χ1) is 8.16. The standard InChI is InChI=1S/C11H13N5O/c1-7-4-9(12)8(5-15-7)11(17)16-6-10-13-2-3-14-10/h2-5H,6H2,1H3,(H2,12,15)(H,13,14)(H,16,17). The lowest BCUT2D eigenvalue weighted by Crippen LogP contribution is -2.24. The second-order valence-electron chi connectivity index (χ2n) is 3.63. The Balaban J connectivity index is 2.04. The van der Waals surface area contributed by atoms with Crippen LogP contribution in [0.15, 0.2) is 24.7 Å². The molecule has 17 heavy (non-hydrogen) atoms. The van der Waals surface area contributed by atoms with E-state index in [1.54, 1.807) is 18.5 Å². The highest BCUT2D eigenvalue weighted by atomic mass is 16.1. The molecule has 0 aliphatic rings. The van der Waals surface area contributed by atoms with Gasteiger partial charge >= 0.3 is 0 Å². The number of aromatic nitrogens is 3. The number of amides is 1. The molecule has 1 amide bonds. The summed E-state index contributed by atoms with van der Waals surface area (Å²) in [4.78, 5) is 22.7. The fraction of sp³-hybridized carbons (Fsp3) is 0.182. The number of aromatic amines is 1. The highest BCUT2D eigenvalue weighted by Crippen LogP contribution is 2.11. The average Bonchev–Trinajstić information content (AvgIpc) is 2.78. The molecule has 2 heterocycles. The lowest BCUT2D eigenvalue weighted by atomic mass is 10.2. The number of carbonyl (C=O) groups excluding carboxylic acids is 1. The van der Waals surface area contributed by atoms with Gasteiger partial charge in [-0.1, -0.05) is 0 Å². The molecular formula is C11H13N5O. The summed E-state index contributed by atoms with van der Waals surface area (Å²) in [6.45, 7) is 2.15. The van der Waals surface area contributed by atoms with Crippen LogP contribution in [0.25, 0.3) is 0 Å². The van der Waals surface area contributed by atoms with Crippen molar-refractivity contribution < 1.29 is 4.79 Å². The van der Waals surface area contributed by atoms with Gasteiger partial charge in [-0.3, -0.25) is 9.78 Å². The van der Waals surface area contributed by atoms with Crippen LogP contribution in [0.3, 0.4) is 0 Å². The van der Waals surface area contributed by atoms with Gasteiger partial charge in [0.05, 0.1) is 12.1 Å². The van der Waals surface area contributed by atoms with Gasteiger partial charge in [-0.15, -0.1) is 0 Å². The largest absolute Gasteiger partial charge is 0.398 e. The maximum Gasteiger partial charge on any atom is 0.255 e. The third-order valence-electron chi connectivity index (χ3n) is 2.29. The van der Waals surface area contributed by atoms with E-state index in [0.29, 0.717) is 23.6 Å². The van der Waals surface area contributed by atoms with Crippen LogP contribution in [0.2, 0.25) is 0 Å². The molecule has 0 fully saturated rings. The number of nitrogen functional groups attached to an aromatic ring is 1. The Bertz CT molecular complexity index is 521. The number of anilines is 1. The van der Waals surface area contributed by atoms with Crippen molar-refractivity contribution in [3.8, 4) is 0 Å². The minimum absolute atomic E-state index is 0.258. The van der Waals surface area contributed by atoms with Crippen molar-refractivity contribution >= 4 is 11.6 Å². The Morgan fingerprint density at radius 1 is 1.53 bits per heavy atom. The molecule has 0 saturated carbocycles. The monoisotopic (exact) mass is 231 g/mol. The molecule has 0 aliphatic heterocycles. The summed E-state index contributed by atoms with van der Waals surface area (Å²) in [6, 6.07) is 1.67. The zero-order valence-corrected chi connectivity index (χ0v) is 9.40. The second kappa shape index (κ2) is 4.65. The zero-order chi connectivity index (χ0) is 12.3. The van der Waals surface area contributed by atoms with Crippen LogP contribution in [0.1, 0.15) is 21.9 Å². The van der Waals surface area contributed by atoms with Crippen molar-refractivity contribution in [2.75, 3.05) is 5.73 Å². The molecule has 0 bridgehead atoms. The summed E-state index contributed by atoms with van der Waals surface area (Å²) in [6.07, 6.45) is 4.80. The number of hydrogen-bond donors (Lipinski definition) is 3. The molecule has 2 aromatic rings. The number of H-pyrrole nitrogens is 1. The number of pyridine rings is 1. The predicted molar refractivity (Wildman–Crippen MR) is 63.1 cm³/mol. The minimum Gasteiger partial charge on any atom is -0.398 e. The van der Waals surface area contributed by atoms with Gasteiger partial charge in [-0.2, -0.15) is 0 Å². The minimum atomic E-state index is -0.258. The van der Waals surface area contributed by atoms with Crippen molar-refractivity contribution in [3.63, 3.8) is 0 Å². The first-order valence-electron chi connectivity index (χ1n) is 5.15. The Hall–Kier alpha value is -2.37. The number of aryl methyl sites for hydroxylation is 1. The highest BCUT2D eigenvalue weighted by molar-refractivity contribution is 5.98. The van der Waals surface area contributed by atoms with E-state index in [1.807, 2.05) is 6.92 Å². The van der Waals surface area contributed by atoms with Gasteiger partial charge in [0.25, 0.3) is 5.91 Å². The van der Waals surface area contributed by atoms with Crippen LogP contribution >= 0.6 is 0 Å². The first-order valence-corrected chi connectivity index (χ1v) is 5.15. The van der Waals surface area contributed by atoms with Crippen LogP contribution in [0.5, 0.6) is 0 Å². The second-order valence-corrected chi connectivity index (χ2v) is 3.63. The summed E-state index contributed by atoms with van der Waals surface area (Å²) in [7, 11) is 0. The van der Waals surface area contributed by atoms with Gasteiger partial charge in [0, 0.05) is 30.0 Å². The summed E-state index contributed by atoms with van der Waals surface area (Å²) in [5, 5.41) is 2.71. The van der Waals surface area contributed by atoms with E-state index in [0.717, 1.165) is 5.69 Å². The number of nitrogens with zero attached hydrogens (tertiary/aromatic N) is 2. The molecule has 88 valence electrons. The molecule has 2 aromatic heterocycles. The van der Waals surface area contributed by atoms with Crippen molar-refractivity contribution in [2.45, 2.75) is 13.5 Å². The van der Waals surface area contributed by atoms with Crippen molar-refractivity contribution in [1.29, 1.82) is 0 Å². The van der Waals surface area contributed by atoms with Crippen molar-refractivity contribution in [1.82, 2.24) is 20.3 Å². The molecule has 0 radical (unpaired) electrons. The van der Waals surface area contributed by atoms with E-state index in [4.69, 9.17) is 5.73 Å². The molecule has 0 spiro atoms. The van der Waals surface area contributed by atoms with Gasteiger partial charge in [-0.05, 0) is 13.0 Å². The van der Waals surface area contributed by atoms with Crippen LogP contribution < -0.4 is 11.1 Å². The zero-order valence-electron chi connectivity index (χ0n) is 9.40. The number of hydrogen-bond acceptors (Lipinski definition) is 4. The molecule has 4 N–H and O–H groups in total. The molecule has 2 rings (SSSR count). The number of rotatable bonds is 3. The van der Waals surface area contributed by atoms with E-state index < -0.39 is 0 Å². The fourth-order valence-corrected chi connectivity index (χ4v) is 1.42. The van der Waals surface area contributed by atoms with Gasteiger partial charge in [0.1, 0.15) is 5.82 Å². The highest BCUT2D eigenvalue weighted by Gasteiger charge is 2.10. The molecule has 0 atom stereocenters. The summed E-state index contributed by atoms with van der Waals surface area (Å²) in [5.74, 6) is 0.434. The molecule has 0 unspecified atom stereocenters. The number of nitrogens with two attached hydrogens (primary N) is 1. The molecule has 0 aromatic carbocycles. The Kier molecular flexibility index (Phi) is 3.04. The molecule has 0 aliphatic carbocycles. The van der Waals surface area contributed by atoms with Gasteiger partial charge in [0.2, 0.25) is 0 Å². The smallest absolute Gasteiger partial charge is 0.255 e. The normalized spacial score (nSPS) is 10.2. The number of imidazole rings is 1. The van der Waals surface area contributed by atoms with Gasteiger partial charge in [-0.25, -0.2) is 4.98 Å². The van der Waals surface area contributed by atoms with E-state index in [9.17, 15) is 4.79 Å². The quantitative estimate of drug-likeness (QED) is 0.721. The maximum atomic E-state index is 11.8. The fourth-order valence-electron chi connectivity index (χ4n) is 1.42. The van der Waals surface area contributed by atoms with Crippen molar-refractivity contribution in [2.24, 2.45) is 0 Å². The summed E-state index contributed by atoms with van der Waals surface area (Å²) >= 11 is 0. The number of carbonyl (C=O) groups is 1. The summed E-state index contributed by atoms with van der Waals surface area (Å²) < 4.78 is 0. The van der Waals surface area contributed by atoms with Crippen LogP contribution in [0.4, 0.5) is 5.69 Å². The van der Waals surface area contributed by atoms with Crippen LogP contribution in [0, 0.1) is 6.92 Å². The van der Waals surface area contributed by atoms with E-state index in [2.05, 4.69) is 20.3 Å².